The molecule has 2 aromatic rings. The van der Waals surface area contributed by atoms with Gasteiger partial charge in [0.15, 0.2) is 0 Å². The van der Waals surface area contributed by atoms with Crippen molar-refractivity contribution in [3.05, 3.63) is 46.8 Å². The summed E-state index contributed by atoms with van der Waals surface area (Å²) in [6.45, 7) is 2.16. The summed E-state index contributed by atoms with van der Waals surface area (Å²) in [5, 5.41) is 8.87. The van der Waals surface area contributed by atoms with Crippen LogP contribution < -0.4 is 0 Å². The van der Waals surface area contributed by atoms with Crippen LogP contribution >= 0.6 is 11.3 Å². The highest BCUT2D eigenvalue weighted by Crippen LogP contribution is 2.28. The molecular weight excluding hydrogens is 232 g/mol. The Morgan fingerprint density at radius 1 is 1.18 bits per heavy atom. The first-order valence-electron chi connectivity index (χ1n) is 5.63. The van der Waals surface area contributed by atoms with Gasteiger partial charge in [0, 0.05) is 4.88 Å². The SMILES string of the molecule is CCCc1ccc(-c2ccc(C(=O)O)s2)cc1. The molecule has 1 aromatic heterocycles. The molecule has 1 N–H and O–H groups in total. The highest BCUT2D eigenvalue weighted by atomic mass is 32.1. The van der Waals surface area contributed by atoms with E-state index in [1.54, 1.807) is 6.07 Å². The van der Waals surface area contributed by atoms with Crippen molar-refractivity contribution in [2.24, 2.45) is 0 Å². The molecule has 0 atom stereocenters. The molecule has 0 fully saturated rings. The molecule has 0 saturated heterocycles. The van der Waals surface area contributed by atoms with Crippen LogP contribution in [0, 0.1) is 0 Å². The van der Waals surface area contributed by atoms with E-state index in [1.807, 2.05) is 6.07 Å². The molecule has 2 rings (SSSR count). The molecule has 1 heterocycles. The number of hydrogen-bond donors (Lipinski definition) is 1. The molecule has 0 radical (unpaired) electrons. The minimum atomic E-state index is -0.858. The maximum Gasteiger partial charge on any atom is 0.345 e. The smallest absolute Gasteiger partial charge is 0.345 e. The topological polar surface area (TPSA) is 37.3 Å². The summed E-state index contributed by atoms with van der Waals surface area (Å²) >= 11 is 1.31. The monoisotopic (exact) mass is 246 g/mol. The summed E-state index contributed by atoms with van der Waals surface area (Å²) in [4.78, 5) is 12.2. The van der Waals surface area contributed by atoms with E-state index in [9.17, 15) is 4.79 Å². The van der Waals surface area contributed by atoms with Gasteiger partial charge >= 0.3 is 5.97 Å². The summed E-state index contributed by atoms with van der Waals surface area (Å²) in [6, 6.07) is 11.9. The Balaban J connectivity index is 2.23. The molecule has 0 spiro atoms. The summed E-state index contributed by atoms with van der Waals surface area (Å²) < 4.78 is 0. The second kappa shape index (κ2) is 5.15. The second-order valence-corrected chi connectivity index (χ2v) is 5.00. The first kappa shape index (κ1) is 11.9. The number of aryl methyl sites for hydroxylation is 1. The fraction of sp³-hybridized carbons (Fsp3) is 0.214. The number of rotatable bonds is 4. The molecule has 0 aliphatic rings. The van der Waals surface area contributed by atoms with E-state index >= 15 is 0 Å². The van der Waals surface area contributed by atoms with Gasteiger partial charge in [0.05, 0.1) is 0 Å². The molecule has 88 valence electrons. The molecule has 0 amide bonds. The Kier molecular flexibility index (Phi) is 3.59. The van der Waals surface area contributed by atoms with Gasteiger partial charge < -0.3 is 5.11 Å². The zero-order valence-corrected chi connectivity index (χ0v) is 10.5. The van der Waals surface area contributed by atoms with E-state index in [0.717, 1.165) is 23.3 Å². The van der Waals surface area contributed by atoms with Crippen LogP contribution in [0.3, 0.4) is 0 Å². The van der Waals surface area contributed by atoms with E-state index in [2.05, 4.69) is 31.2 Å². The maximum absolute atomic E-state index is 10.8. The van der Waals surface area contributed by atoms with Crippen molar-refractivity contribution in [2.45, 2.75) is 19.8 Å². The van der Waals surface area contributed by atoms with Crippen molar-refractivity contribution in [3.63, 3.8) is 0 Å². The van der Waals surface area contributed by atoms with Crippen molar-refractivity contribution in [1.29, 1.82) is 0 Å². The Hall–Kier alpha value is -1.61. The quantitative estimate of drug-likeness (QED) is 0.883. The first-order valence-corrected chi connectivity index (χ1v) is 6.45. The molecule has 17 heavy (non-hydrogen) atoms. The van der Waals surface area contributed by atoms with Crippen LogP contribution in [0.15, 0.2) is 36.4 Å². The van der Waals surface area contributed by atoms with Gasteiger partial charge in [0.1, 0.15) is 4.88 Å². The molecule has 3 heteroatoms. The Bertz CT molecular complexity index is 511. The second-order valence-electron chi connectivity index (χ2n) is 3.92. The lowest BCUT2D eigenvalue weighted by Gasteiger charge is -2.00. The summed E-state index contributed by atoms with van der Waals surface area (Å²) in [7, 11) is 0. The lowest BCUT2D eigenvalue weighted by molar-refractivity contribution is 0.0702. The van der Waals surface area contributed by atoms with Gasteiger partial charge in [-0.1, -0.05) is 37.6 Å². The molecular formula is C14H14O2S. The fourth-order valence-corrected chi connectivity index (χ4v) is 2.58. The number of aromatic carboxylic acids is 1. The van der Waals surface area contributed by atoms with Crippen LogP contribution in [0.4, 0.5) is 0 Å². The lowest BCUT2D eigenvalue weighted by atomic mass is 10.1. The third kappa shape index (κ3) is 2.74. The number of hydrogen-bond acceptors (Lipinski definition) is 2. The van der Waals surface area contributed by atoms with E-state index in [0.29, 0.717) is 4.88 Å². The number of carboxylic acid groups (broad SMARTS) is 1. The van der Waals surface area contributed by atoms with Crippen LogP contribution in [0.1, 0.15) is 28.6 Å². The average molecular weight is 246 g/mol. The third-order valence-corrected chi connectivity index (χ3v) is 3.72. The third-order valence-electron chi connectivity index (χ3n) is 2.59. The van der Waals surface area contributed by atoms with Crippen molar-refractivity contribution in [1.82, 2.24) is 0 Å². The van der Waals surface area contributed by atoms with E-state index in [1.165, 1.54) is 16.9 Å². The molecule has 0 bridgehead atoms. The Morgan fingerprint density at radius 2 is 1.88 bits per heavy atom. The van der Waals surface area contributed by atoms with Gasteiger partial charge in [0.25, 0.3) is 0 Å². The predicted molar refractivity (Wildman–Crippen MR) is 70.7 cm³/mol. The molecule has 2 nitrogen and oxygen atoms in total. The highest BCUT2D eigenvalue weighted by molar-refractivity contribution is 7.17. The normalized spacial score (nSPS) is 10.4. The van der Waals surface area contributed by atoms with Crippen LogP contribution in [-0.2, 0) is 6.42 Å². The zero-order chi connectivity index (χ0) is 12.3. The van der Waals surface area contributed by atoms with Crippen LogP contribution in [0.25, 0.3) is 10.4 Å². The largest absolute Gasteiger partial charge is 0.477 e. The first-order chi connectivity index (χ1) is 8.20. The minimum Gasteiger partial charge on any atom is -0.477 e. The van der Waals surface area contributed by atoms with Crippen molar-refractivity contribution in [2.75, 3.05) is 0 Å². The van der Waals surface area contributed by atoms with Crippen LogP contribution in [0.2, 0.25) is 0 Å². The Morgan fingerprint density at radius 3 is 2.41 bits per heavy atom. The Labute approximate surface area is 105 Å². The van der Waals surface area contributed by atoms with E-state index in [-0.39, 0.29) is 0 Å². The highest BCUT2D eigenvalue weighted by Gasteiger charge is 2.07. The predicted octanol–water partition coefficient (Wildman–Crippen LogP) is 4.07. The van der Waals surface area contributed by atoms with Gasteiger partial charge in [-0.2, -0.15) is 0 Å². The standard InChI is InChI=1S/C14H14O2S/c1-2-3-10-4-6-11(7-5-10)12-8-9-13(17-12)14(15)16/h4-9H,2-3H2,1H3,(H,15,16). The fourth-order valence-electron chi connectivity index (χ4n) is 1.73. The average Bonchev–Trinajstić information content (AvgIpc) is 2.80. The molecule has 0 aliphatic heterocycles. The van der Waals surface area contributed by atoms with Gasteiger partial charge in [-0.25, -0.2) is 4.79 Å². The van der Waals surface area contributed by atoms with Gasteiger partial charge in [-0.3, -0.25) is 0 Å². The van der Waals surface area contributed by atoms with Gasteiger partial charge in [0.2, 0.25) is 0 Å². The van der Waals surface area contributed by atoms with E-state index in [4.69, 9.17) is 5.11 Å². The van der Waals surface area contributed by atoms with Crippen molar-refractivity contribution in [3.8, 4) is 10.4 Å². The number of benzene rings is 1. The summed E-state index contributed by atoms with van der Waals surface area (Å²) in [6.07, 6.45) is 2.23. The van der Waals surface area contributed by atoms with Crippen LogP contribution in [0.5, 0.6) is 0 Å². The lowest BCUT2D eigenvalue weighted by Crippen LogP contribution is -1.89. The summed E-state index contributed by atoms with van der Waals surface area (Å²) in [5.41, 5.74) is 2.41. The molecule has 0 saturated carbocycles. The van der Waals surface area contributed by atoms with Crippen LogP contribution in [-0.4, -0.2) is 11.1 Å². The zero-order valence-electron chi connectivity index (χ0n) is 9.64. The molecule has 0 unspecified atom stereocenters. The van der Waals surface area contributed by atoms with E-state index < -0.39 is 5.97 Å². The van der Waals surface area contributed by atoms with Crippen molar-refractivity contribution < 1.29 is 9.90 Å². The molecule has 0 aliphatic carbocycles. The maximum atomic E-state index is 10.8. The minimum absolute atomic E-state index is 0.387. The number of carbonyl (C=O) groups is 1. The van der Waals surface area contributed by atoms with Crippen molar-refractivity contribution >= 4 is 17.3 Å². The summed E-state index contributed by atoms with van der Waals surface area (Å²) in [5.74, 6) is -0.858. The van der Waals surface area contributed by atoms with Gasteiger partial charge in [-0.05, 0) is 29.7 Å². The number of carboxylic acids is 1. The molecule has 1 aromatic carbocycles. The van der Waals surface area contributed by atoms with Gasteiger partial charge in [-0.15, -0.1) is 11.3 Å². The number of thiophene rings is 1.